The molecular formula is C13H24CaO15. The molecule has 0 aliphatic heterocycles. The van der Waals surface area contributed by atoms with E-state index in [2.05, 4.69) is 0 Å². The third-order valence-corrected chi connectivity index (χ3v) is 3.34. The third kappa shape index (κ3) is 11.7. The molecule has 15 nitrogen and oxygen atoms in total. The van der Waals surface area contributed by atoms with Gasteiger partial charge >= 0.3 is 37.7 Å². The minimum atomic E-state index is -2.40. The normalized spacial score (nSPS) is 20.2. The largest absolute Gasteiger partial charge is 2.00 e. The first-order valence-corrected chi connectivity index (χ1v) is 7.50. The maximum atomic E-state index is 10.1. The fraction of sp³-hybridized carbons (Fsp3) is 0.846. The van der Waals surface area contributed by atoms with Crippen molar-refractivity contribution in [2.24, 2.45) is 0 Å². The summed E-state index contributed by atoms with van der Waals surface area (Å²) in [5.41, 5.74) is 0. The zero-order valence-electron chi connectivity index (χ0n) is 14.9. The van der Waals surface area contributed by atoms with E-state index in [-0.39, 0.29) is 37.7 Å². The molecule has 29 heavy (non-hydrogen) atoms. The molecule has 0 heterocycles. The van der Waals surface area contributed by atoms with Crippen LogP contribution in [0, 0.1) is 0 Å². The van der Waals surface area contributed by atoms with E-state index in [1.165, 1.54) is 0 Å². The first-order valence-electron chi connectivity index (χ1n) is 7.50. The number of hydrogen-bond acceptors (Lipinski definition) is 15. The number of carbonyl (C=O) groups is 2. The molecule has 0 amide bonds. The van der Waals surface area contributed by atoms with Crippen LogP contribution in [0.1, 0.15) is 0 Å². The topological polar surface area (TPSA) is 303 Å². The van der Waals surface area contributed by atoms with E-state index in [1.54, 1.807) is 0 Å². The average molecular weight is 460 g/mol. The SMILES string of the molecule is O=C([O-])C(O)C(O)C(O)C(O)C(O)CO.O=C([O-])C(O)C(O)C(O)C(O)CO.[Ca+2]. The van der Waals surface area contributed by atoms with Crippen molar-refractivity contribution in [2.45, 2.75) is 54.9 Å². The van der Waals surface area contributed by atoms with Crippen molar-refractivity contribution in [3.8, 4) is 0 Å². The van der Waals surface area contributed by atoms with Crippen LogP contribution >= 0.6 is 0 Å². The van der Waals surface area contributed by atoms with E-state index in [1.807, 2.05) is 0 Å². The van der Waals surface area contributed by atoms with Gasteiger partial charge in [0, 0.05) is 0 Å². The molecule has 168 valence electrons. The van der Waals surface area contributed by atoms with Crippen molar-refractivity contribution in [2.75, 3.05) is 13.2 Å². The molecule has 0 spiro atoms. The standard InChI is InChI=1S/C7H14O8.C6H12O7.Ca/c8-1-2(9)3(10)4(11)5(12)6(13)7(14)15;7-1-2(8)3(9)4(10)5(11)6(12)13;/h2-6,8-13H,1H2,(H,14,15);2-5,7-11H,1H2,(H,12,13);/q;;+2/p-2. The number of carboxylic acids is 2. The van der Waals surface area contributed by atoms with E-state index in [0.29, 0.717) is 0 Å². The smallest absolute Gasteiger partial charge is 0.547 e. The molecule has 0 radical (unpaired) electrons. The van der Waals surface area contributed by atoms with E-state index < -0.39 is 80.1 Å². The second kappa shape index (κ2) is 16.5. The fourth-order valence-corrected chi connectivity index (χ4v) is 1.53. The Kier molecular flexibility index (Phi) is 18.9. The van der Waals surface area contributed by atoms with Gasteiger partial charge < -0.3 is 76.0 Å². The fourth-order valence-electron chi connectivity index (χ4n) is 1.53. The number of aliphatic hydroxyl groups is 11. The van der Waals surface area contributed by atoms with Gasteiger partial charge in [-0.1, -0.05) is 0 Å². The van der Waals surface area contributed by atoms with Gasteiger partial charge in [0.1, 0.15) is 54.9 Å². The molecule has 0 aromatic carbocycles. The Morgan fingerprint density at radius 2 is 0.793 bits per heavy atom. The van der Waals surface area contributed by atoms with Crippen LogP contribution in [0.25, 0.3) is 0 Å². The maximum absolute atomic E-state index is 10.1. The van der Waals surface area contributed by atoms with Crippen molar-refractivity contribution >= 4 is 49.7 Å². The summed E-state index contributed by atoms with van der Waals surface area (Å²) >= 11 is 0. The Morgan fingerprint density at radius 1 is 0.552 bits per heavy atom. The molecule has 16 heteroatoms. The molecule has 11 N–H and O–H groups in total. The number of aliphatic carboxylic acids is 2. The van der Waals surface area contributed by atoms with Crippen molar-refractivity contribution in [3.05, 3.63) is 0 Å². The molecular weight excluding hydrogens is 436 g/mol. The predicted molar refractivity (Wildman–Crippen MR) is 84.0 cm³/mol. The summed E-state index contributed by atoms with van der Waals surface area (Å²) < 4.78 is 0. The van der Waals surface area contributed by atoms with Crippen LogP contribution in [0.5, 0.6) is 0 Å². The van der Waals surface area contributed by atoms with Crippen molar-refractivity contribution in [3.63, 3.8) is 0 Å². The Hall–Kier alpha value is -0.240. The molecule has 0 saturated carbocycles. The van der Waals surface area contributed by atoms with Crippen LogP contribution in [0.4, 0.5) is 0 Å². The van der Waals surface area contributed by atoms with Crippen LogP contribution in [-0.2, 0) is 9.59 Å². The Labute approximate surface area is 193 Å². The summed E-state index contributed by atoms with van der Waals surface area (Å²) in [6.45, 7) is -1.76. The summed E-state index contributed by atoms with van der Waals surface area (Å²) in [5.74, 6) is -4.01. The maximum Gasteiger partial charge on any atom is 2.00 e. The van der Waals surface area contributed by atoms with E-state index in [4.69, 9.17) is 56.2 Å². The molecule has 0 fully saturated rings. The van der Waals surface area contributed by atoms with Crippen LogP contribution in [0.2, 0.25) is 0 Å². The van der Waals surface area contributed by atoms with Gasteiger partial charge in [0.15, 0.2) is 0 Å². The molecule has 0 aliphatic rings. The van der Waals surface area contributed by atoms with Gasteiger partial charge in [0.05, 0.1) is 25.2 Å². The molecule has 0 rings (SSSR count). The first kappa shape index (κ1) is 33.4. The first-order chi connectivity index (χ1) is 12.7. The second-order valence-corrected chi connectivity index (χ2v) is 5.48. The van der Waals surface area contributed by atoms with Crippen LogP contribution in [0.3, 0.4) is 0 Å². The summed E-state index contributed by atoms with van der Waals surface area (Å²) in [5, 5.41) is 117. The Bertz CT molecular complexity index is 465. The van der Waals surface area contributed by atoms with Crippen LogP contribution < -0.4 is 10.2 Å². The minimum Gasteiger partial charge on any atom is -0.547 e. The van der Waals surface area contributed by atoms with Gasteiger partial charge in [-0.05, 0) is 0 Å². The number of hydrogen-bond donors (Lipinski definition) is 11. The average Bonchev–Trinajstić information content (AvgIpc) is 2.68. The van der Waals surface area contributed by atoms with Gasteiger partial charge in [0.2, 0.25) is 0 Å². The Morgan fingerprint density at radius 3 is 1.03 bits per heavy atom. The molecule has 0 saturated heterocycles. The second-order valence-electron chi connectivity index (χ2n) is 5.48. The van der Waals surface area contributed by atoms with E-state index >= 15 is 0 Å². The molecule has 0 aromatic rings. The van der Waals surface area contributed by atoms with Gasteiger partial charge in [-0.2, -0.15) is 0 Å². The van der Waals surface area contributed by atoms with Crippen molar-refractivity contribution in [1.29, 1.82) is 0 Å². The predicted octanol–water partition coefficient (Wildman–Crippen LogP) is -10.7. The van der Waals surface area contributed by atoms with Gasteiger partial charge in [-0.3, -0.25) is 0 Å². The number of carbonyl (C=O) groups excluding carboxylic acids is 2. The third-order valence-electron chi connectivity index (χ3n) is 3.34. The Balaban J connectivity index is -0.000000455. The van der Waals surface area contributed by atoms with Gasteiger partial charge in [0.25, 0.3) is 0 Å². The zero-order chi connectivity index (χ0) is 22.8. The zero-order valence-corrected chi connectivity index (χ0v) is 17.1. The summed E-state index contributed by atoms with van der Waals surface area (Å²) in [6, 6.07) is 0. The molecule has 0 aromatic heterocycles. The number of carboxylic acid groups (broad SMARTS) is 2. The molecule has 9 atom stereocenters. The molecule has 0 bridgehead atoms. The minimum absolute atomic E-state index is 0. The van der Waals surface area contributed by atoms with Gasteiger partial charge in [-0.15, -0.1) is 0 Å². The van der Waals surface area contributed by atoms with Crippen LogP contribution in [0.15, 0.2) is 0 Å². The number of aliphatic hydroxyl groups excluding tert-OH is 11. The van der Waals surface area contributed by atoms with Crippen molar-refractivity contribution < 1.29 is 76.0 Å². The number of rotatable bonds is 11. The summed E-state index contributed by atoms with van der Waals surface area (Å²) in [4.78, 5) is 20.1. The monoisotopic (exact) mass is 460 g/mol. The molecule has 0 aliphatic carbocycles. The summed E-state index contributed by atoms with van der Waals surface area (Å²) in [7, 11) is 0. The quantitative estimate of drug-likeness (QED) is 0.127. The van der Waals surface area contributed by atoms with E-state index in [0.717, 1.165) is 0 Å². The summed E-state index contributed by atoms with van der Waals surface area (Å²) in [6.07, 6.45) is -18.6. The molecule has 9 unspecified atom stereocenters. The van der Waals surface area contributed by atoms with Gasteiger partial charge in [-0.25, -0.2) is 0 Å². The van der Waals surface area contributed by atoms with Crippen molar-refractivity contribution in [1.82, 2.24) is 0 Å². The van der Waals surface area contributed by atoms with Crippen LogP contribution in [-0.4, -0.2) is 174 Å². The van der Waals surface area contributed by atoms with E-state index in [9.17, 15) is 19.8 Å².